The first-order valence-corrected chi connectivity index (χ1v) is 9.14. The van der Waals surface area contributed by atoms with Crippen molar-refractivity contribution < 1.29 is 16.8 Å². The average molecular weight is 304 g/mol. The molecule has 1 unspecified atom stereocenters. The number of sulfonamides is 1. The van der Waals surface area contributed by atoms with Gasteiger partial charge in [0.2, 0.25) is 10.0 Å². The van der Waals surface area contributed by atoms with Crippen molar-refractivity contribution in [1.29, 1.82) is 0 Å². The van der Waals surface area contributed by atoms with Crippen LogP contribution >= 0.6 is 0 Å². The molecular weight excluding hydrogens is 288 g/mol. The van der Waals surface area contributed by atoms with Gasteiger partial charge in [-0.2, -0.15) is 0 Å². The molecule has 19 heavy (non-hydrogen) atoms. The van der Waals surface area contributed by atoms with Crippen LogP contribution in [0.15, 0.2) is 29.2 Å². The predicted octanol–water partition coefficient (Wildman–Crippen LogP) is 0.323. The van der Waals surface area contributed by atoms with Gasteiger partial charge in [-0.05, 0) is 25.0 Å². The summed E-state index contributed by atoms with van der Waals surface area (Å²) in [6.45, 7) is 0.203. The fraction of sp³-hybridized carbons (Fsp3) is 0.455. The van der Waals surface area contributed by atoms with Gasteiger partial charge in [-0.25, -0.2) is 22.0 Å². The number of anilines is 1. The van der Waals surface area contributed by atoms with Crippen LogP contribution in [0.25, 0.3) is 0 Å². The Morgan fingerprint density at radius 2 is 2.00 bits per heavy atom. The number of nitrogens with one attached hydrogen (secondary N) is 1. The molecule has 8 heteroatoms. The Hall–Kier alpha value is -1.12. The highest BCUT2D eigenvalue weighted by molar-refractivity contribution is 7.92. The van der Waals surface area contributed by atoms with Crippen LogP contribution in [0.2, 0.25) is 0 Å². The van der Waals surface area contributed by atoms with E-state index in [2.05, 4.69) is 5.32 Å². The van der Waals surface area contributed by atoms with Gasteiger partial charge in [0.15, 0.2) is 9.84 Å². The van der Waals surface area contributed by atoms with E-state index in [1.165, 1.54) is 6.07 Å². The Kier molecular flexibility index (Phi) is 3.84. The molecule has 1 atom stereocenters. The molecule has 2 rings (SSSR count). The van der Waals surface area contributed by atoms with Crippen LogP contribution in [0.5, 0.6) is 0 Å². The average Bonchev–Trinajstić information content (AvgIpc) is 2.65. The van der Waals surface area contributed by atoms with Crippen molar-refractivity contribution in [1.82, 2.24) is 0 Å². The van der Waals surface area contributed by atoms with Gasteiger partial charge < -0.3 is 5.32 Å². The monoisotopic (exact) mass is 304 g/mol. The van der Waals surface area contributed by atoms with Gasteiger partial charge in [-0.1, -0.05) is 12.1 Å². The summed E-state index contributed by atoms with van der Waals surface area (Å²) in [6, 6.07) is 6.19. The lowest BCUT2D eigenvalue weighted by Gasteiger charge is -2.14. The van der Waals surface area contributed by atoms with E-state index in [1.54, 1.807) is 18.2 Å². The van der Waals surface area contributed by atoms with Crippen LogP contribution in [-0.4, -0.2) is 34.4 Å². The molecular formula is C11H16N2O4S2. The van der Waals surface area contributed by atoms with Crippen LogP contribution in [0.4, 0.5) is 5.69 Å². The fourth-order valence-corrected chi connectivity index (χ4v) is 4.65. The van der Waals surface area contributed by atoms with E-state index in [1.807, 2.05) is 0 Å². The van der Waals surface area contributed by atoms with Crippen molar-refractivity contribution in [3.05, 3.63) is 24.3 Å². The maximum Gasteiger partial charge on any atom is 0.240 e. The van der Waals surface area contributed by atoms with Crippen LogP contribution in [0.1, 0.15) is 12.8 Å². The van der Waals surface area contributed by atoms with Gasteiger partial charge in [0.25, 0.3) is 0 Å². The van der Waals surface area contributed by atoms with Crippen LogP contribution in [0.3, 0.4) is 0 Å². The van der Waals surface area contributed by atoms with Crippen LogP contribution < -0.4 is 10.5 Å². The van der Waals surface area contributed by atoms with E-state index in [0.717, 1.165) is 0 Å². The Labute approximate surface area is 113 Å². The second kappa shape index (κ2) is 5.10. The third-order valence-corrected chi connectivity index (χ3v) is 6.42. The van der Waals surface area contributed by atoms with Crippen molar-refractivity contribution in [3.8, 4) is 0 Å². The number of sulfone groups is 1. The molecule has 106 valence electrons. The summed E-state index contributed by atoms with van der Waals surface area (Å²) >= 11 is 0. The molecule has 3 N–H and O–H groups in total. The van der Waals surface area contributed by atoms with Crippen molar-refractivity contribution in [2.24, 2.45) is 5.14 Å². The molecule has 1 aromatic carbocycles. The number of rotatable bonds is 4. The largest absolute Gasteiger partial charge is 0.383 e. The second-order valence-corrected chi connectivity index (χ2v) is 8.48. The molecule has 6 nitrogen and oxygen atoms in total. The lowest BCUT2D eigenvalue weighted by molar-refractivity contribution is 0.591. The summed E-state index contributed by atoms with van der Waals surface area (Å²) in [6.07, 6.45) is 1.26. The van der Waals surface area contributed by atoms with Gasteiger partial charge >= 0.3 is 0 Å². The molecule has 0 amide bonds. The highest BCUT2D eigenvalue weighted by Gasteiger charge is 2.31. The zero-order valence-corrected chi connectivity index (χ0v) is 11.9. The van der Waals surface area contributed by atoms with Crippen molar-refractivity contribution in [3.63, 3.8) is 0 Å². The first kappa shape index (κ1) is 14.3. The molecule has 0 spiro atoms. The molecule has 1 fully saturated rings. The van der Waals surface area contributed by atoms with E-state index in [-0.39, 0.29) is 17.2 Å². The molecule has 0 aliphatic carbocycles. The minimum Gasteiger partial charge on any atom is -0.383 e. The van der Waals surface area contributed by atoms with E-state index >= 15 is 0 Å². The summed E-state index contributed by atoms with van der Waals surface area (Å²) in [5.41, 5.74) is 0.340. The summed E-state index contributed by atoms with van der Waals surface area (Å²) in [5, 5.41) is 7.53. The smallest absolute Gasteiger partial charge is 0.240 e. The predicted molar refractivity (Wildman–Crippen MR) is 73.1 cm³/mol. The number of hydrogen-bond donors (Lipinski definition) is 2. The first-order chi connectivity index (χ1) is 8.81. The number of primary sulfonamides is 1. The molecule has 1 aromatic rings. The molecule has 0 aromatic heterocycles. The number of nitrogens with two attached hydrogens (primary N) is 1. The molecule has 0 bridgehead atoms. The minimum atomic E-state index is -3.82. The topological polar surface area (TPSA) is 106 Å². The zero-order chi connectivity index (χ0) is 14.1. The Balaban J connectivity index is 2.17. The van der Waals surface area contributed by atoms with E-state index < -0.39 is 25.1 Å². The summed E-state index contributed by atoms with van der Waals surface area (Å²) in [4.78, 5) is -0.0228. The summed E-state index contributed by atoms with van der Waals surface area (Å²) < 4.78 is 46.2. The molecule has 1 heterocycles. The van der Waals surface area contributed by atoms with E-state index in [4.69, 9.17) is 5.14 Å². The number of benzene rings is 1. The second-order valence-electron chi connectivity index (χ2n) is 4.55. The van der Waals surface area contributed by atoms with Crippen LogP contribution in [0, 0.1) is 0 Å². The molecule has 1 aliphatic rings. The quantitative estimate of drug-likeness (QED) is 0.833. The van der Waals surface area contributed by atoms with Gasteiger partial charge in [-0.15, -0.1) is 0 Å². The summed E-state index contributed by atoms with van der Waals surface area (Å²) in [5.74, 6) is 0.205. The van der Waals surface area contributed by atoms with Gasteiger partial charge in [-0.3, -0.25) is 0 Å². The third kappa shape index (κ3) is 3.26. The Morgan fingerprint density at radius 3 is 2.58 bits per heavy atom. The molecule has 1 saturated heterocycles. The molecule has 0 saturated carbocycles. The normalized spacial score (nSPS) is 22.3. The molecule has 1 aliphatic heterocycles. The van der Waals surface area contributed by atoms with Crippen molar-refractivity contribution >= 4 is 25.5 Å². The van der Waals surface area contributed by atoms with E-state index in [0.29, 0.717) is 18.5 Å². The first-order valence-electron chi connectivity index (χ1n) is 5.88. The minimum absolute atomic E-state index is 0.0228. The Bertz CT molecular complexity index is 668. The van der Waals surface area contributed by atoms with Gasteiger partial charge in [0, 0.05) is 6.54 Å². The maximum atomic E-state index is 11.7. The highest BCUT2D eigenvalue weighted by Crippen LogP contribution is 2.23. The number of para-hydroxylation sites is 1. The summed E-state index contributed by atoms with van der Waals surface area (Å²) in [7, 11) is -6.87. The zero-order valence-electron chi connectivity index (χ0n) is 10.2. The standard InChI is InChI=1S/C11H16N2O4S2/c12-19(16,17)11-6-2-1-5-10(11)13-8-9-4-3-7-18(9,14)15/h1-2,5-6,9,13H,3-4,7-8H2,(H2,12,16,17). The maximum absolute atomic E-state index is 11.7. The Morgan fingerprint density at radius 1 is 1.32 bits per heavy atom. The lowest BCUT2D eigenvalue weighted by atomic mass is 10.2. The molecule has 0 radical (unpaired) electrons. The van der Waals surface area contributed by atoms with Crippen molar-refractivity contribution in [2.75, 3.05) is 17.6 Å². The lowest BCUT2D eigenvalue weighted by Crippen LogP contribution is -2.26. The van der Waals surface area contributed by atoms with Gasteiger partial charge in [0.1, 0.15) is 4.90 Å². The van der Waals surface area contributed by atoms with Crippen LogP contribution in [-0.2, 0) is 19.9 Å². The third-order valence-electron chi connectivity index (χ3n) is 3.18. The van der Waals surface area contributed by atoms with E-state index in [9.17, 15) is 16.8 Å². The fourth-order valence-electron chi connectivity index (χ4n) is 2.17. The highest BCUT2D eigenvalue weighted by atomic mass is 32.2. The SMILES string of the molecule is NS(=O)(=O)c1ccccc1NCC1CCCS1(=O)=O. The van der Waals surface area contributed by atoms with Gasteiger partial charge in [0.05, 0.1) is 16.7 Å². The number of hydrogen-bond acceptors (Lipinski definition) is 5. The van der Waals surface area contributed by atoms with Crippen molar-refractivity contribution in [2.45, 2.75) is 23.0 Å².